The number of nitrogen functional groups attached to an aromatic ring is 1. The fourth-order valence-electron chi connectivity index (χ4n) is 1.42. The minimum atomic E-state index is -0.688. The maximum Gasteiger partial charge on any atom is 0.116 e. The molecule has 2 rings (SSSR count). The van der Waals surface area contributed by atoms with E-state index in [9.17, 15) is 5.11 Å². The van der Waals surface area contributed by atoms with Gasteiger partial charge in [-0.25, -0.2) is 0 Å². The van der Waals surface area contributed by atoms with Crippen LogP contribution in [-0.4, -0.2) is 5.11 Å². The van der Waals surface area contributed by atoms with Gasteiger partial charge in [-0.2, -0.15) is 0 Å². The number of hydrogen-bond donors (Lipinski definition) is 2. The largest absolute Gasteiger partial charge is 0.398 e. The summed E-state index contributed by atoms with van der Waals surface area (Å²) in [5.74, 6) is 0. The smallest absolute Gasteiger partial charge is 0.116 e. The van der Waals surface area contributed by atoms with E-state index in [4.69, 9.17) is 5.73 Å². The monoisotopic (exact) mass is 361 g/mol. The minimum absolute atomic E-state index is 0.594. The molecule has 3 N–H and O–H groups in total. The molecule has 1 unspecified atom stereocenters. The fraction of sp³-hybridized carbons (Fsp3) is 0.0909. The van der Waals surface area contributed by atoms with Crippen molar-refractivity contribution in [3.05, 3.63) is 49.0 Å². The number of halogens is 2. The summed E-state index contributed by atoms with van der Waals surface area (Å²) in [4.78, 5) is 0.866. The lowest BCUT2D eigenvalue weighted by atomic mass is 10.1. The van der Waals surface area contributed by atoms with Gasteiger partial charge in [-0.1, -0.05) is 15.9 Å². The number of aliphatic hydroxyl groups is 1. The third-order valence-electron chi connectivity index (χ3n) is 2.24. The second-order valence-electron chi connectivity index (χ2n) is 3.31. The molecule has 2 nitrogen and oxygen atoms in total. The van der Waals surface area contributed by atoms with Gasteiger partial charge in [0.2, 0.25) is 0 Å². The predicted molar refractivity (Wildman–Crippen MR) is 74.6 cm³/mol. The van der Waals surface area contributed by atoms with E-state index in [-0.39, 0.29) is 0 Å². The Balaban J connectivity index is 2.45. The number of rotatable bonds is 2. The highest BCUT2D eigenvalue weighted by Crippen LogP contribution is 2.36. The Bertz CT molecular complexity index is 512. The van der Waals surface area contributed by atoms with Gasteiger partial charge in [0, 0.05) is 20.2 Å². The van der Waals surface area contributed by atoms with Crippen LogP contribution in [0, 0.1) is 0 Å². The molecule has 0 aliphatic rings. The van der Waals surface area contributed by atoms with Crippen LogP contribution >= 0.6 is 43.2 Å². The van der Waals surface area contributed by atoms with E-state index in [2.05, 4.69) is 31.9 Å². The highest BCUT2D eigenvalue weighted by Gasteiger charge is 2.17. The van der Waals surface area contributed by atoms with E-state index in [1.165, 1.54) is 11.3 Å². The van der Waals surface area contributed by atoms with Crippen molar-refractivity contribution in [3.63, 3.8) is 0 Å². The lowest BCUT2D eigenvalue weighted by Crippen LogP contribution is -2.02. The molecule has 1 atom stereocenters. The van der Waals surface area contributed by atoms with E-state index in [1.807, 2.05) is 23.6 Å². The topological polar surface area (TPSA) is 46.2 Å². The number of nitrogens with two attached hydrogens (primary N) is 1. The van der Waals surface area contributed by atoms with Gasteiger partial charge in [-0.15, -0.1) is 11.3 Å². The van der Waals surface area contributed by atoms with E-state index < -0.39 is 6.10 Å². The fourth-order valence-corrected chi connectivity index (χ4v) is 3.39. The average molecular weight is 363 g/mol. The second-order valence-corrected chi connectivity index (χ2v) is 6.03. The third-order valence-corrected chi connectivity index (χ3v) is 4.65. The molecule has 0 spiro atoms. The van der Waals surface area contributed by atoms with Gasteiger partial charge in [0.25, 0.3) is 0 Å². The first-order valence-corrected chi connectivity index (χ1v) is 7.02. The van der Waals surface area contributed by atoms with Crippen LogP contribution in [0.3, 0.4) is 0 Å². The molecule has 0 aliphatic heterocycles. The van der Waals surface area contributed by atoms with Crippen LogP contribution in [0.2, 0.25) is 0 Å². The summed E-state index contributed by atoms with van der Waals surface area (Å²) in [7, 11) is 0. The highest BCUT2D eigenvalue weighted by molar-refractivity contribution is 9.10. The van der Waals surface area contributed by atoms with Crippen LogP contribution in [0.1, 0.15) is 16.5 Å². The SMILES string of the molecule is Nc1ccc(Br)cc1C(O)c1sccc1Br. The molecule has 0 saturated carbocycles. The van der Waals surface area contributed by atoms with Gasteiger partial charge in [0.1, 0.15) is 6.10 Å². The Morgan fingerprint density at radius 2 is 2.00 bits per heavy atom. The van der Waals surface area contributed by atoms with Gasteiger partial charge in [-0.05, 0) is 45.6 Å². The number of benzene rings is 1. The van der Waals surface area contributed by atoms with Crippen molar-refractivity contribution in [2.75, 3.05) is 5.73 Å². The minimum Gasteiger partial charge on any atom is -0.398 e. The third kappa shape index (κ3) is 2.32. The number of anilines is 1. The molecule has 1 heterocycles. The first-order valence-electron chi connectivity index (χ1n) is 4.55. The Morgan fingerprint density at radius 3 is 2.62 bits per heavy atom. The normalized spacial score (nSPS) is 12.7. The molecule has 0 fully saturated rings. The quantitative estimate of drug-likeness (QED) is 0.795. The standard InChI is InChI=1S/C11H9Br2NOS/c12-6-1-2-9(14)7(5-6)10(15)11-8(13)3-4-16-11/h1-5,10,15H,14H2. The summed E-state index contributed by atoms with van der Waals surface area (Å²) < 4.78 is 1.81. The zero-order valence-electron chi connectivity index (χ0n) is 8.15. The van der Waals surface area contributed by atoms with E-state index in [0.717, 1.165) is 19.4 Å². The molecule has 2 aromatic rings. The van der Waals surface area contributed by atoms with Gasteiger partial charge in [0.15, 0.2) is 0 Å². The Labute approximate surface area is 114 Å². The van der Waals surface area contributed by atoms with Gasteiger partial charge in [-0.3, -0.25) is 0 Å². The Kier molecular flexibility index (Phi) is 3.69. The van der Waals surface area contributed by atoms with Crippen LogP contribution in [0.4, 0.5) is 5.69 Å². The molecule has 0 radical (unpaired) electrons. The van der Waals surface area contributed by atoms with Crippen LogP contribution in [0.25, 0.3) is 0 Å². The van der Waals surface area contributed by atoms with Crippen molar-refractivity contribution in [2.24, 2.45) is 0 Å². The molecule has 84 valence electrons. The van der Waals surface area contributed by atoms with Crippen molar-refractivity contribution < 1.29 is 5.11 Å². The first-order chi connectivity index (χ1) is 7.59. The summed E-state index contributed by atoms with van der Waals surface area (Å²) in [5.41, 5.74) is 7.17. The average Bonchev–Trinajstić information content (AvgIpc) is 2.67. The van der Waals surface area contributed by atoms with E-state index in [1.54, 1.807) is 6.07 Å². The van der Waals surface area contributed by atoms with Gasteiger partial charge < -0.3 is 10.8 Å². The molecule has 0 saturated heterocycles. The van der Waals surface area contributed by atoms with Crippen molar-refractivity contribution in [3.8, 4) is 0 Å². The molecule has 16 heavy (non-hydrogen) atoms. The zero-order valence-corrected chi connectivity index (χ0v) is 12.1. The maximum atomic E-state index is 10.2. The molecular formula is C11H9Br2NOS. The Morgan fingerprint density at radius 1 is 1.25 bits per heavy atom. The van der Waals surface area contributed by atoms with Crippen LogP contribution in [-0.2, 0) is 0 Å². The van der Waals surface area contributed by atoms with E-state index in [0.29, 0.717) is 5.69 Å². The summed E-state index contributed by atoms with van der Waals surface area (Å²) in [5, 5.41) is 12.2. The summed E-state index contributed by atoms with van der Waals surface area (Å²) in [6, 6.07) is 7.39. The van der Waals surface area contributed by atoms with Gasteiger partial charge in [0.05, 0.1) is 4.88 Å². The molecule has 0 bridgehead atoms. The predicted octanol–water partition coefficient (Wildman–Crippen LogP) is 3.94. The summed E-state index contributed by atoms with van der Waals surface area (Å²) in [6.45, 7) is 0. The number of thiophene rings is 1. The molecule has 1 aromatic heterocycles. The van der Waals surface area contributed by atoms with Crippen molar-refractivity contribution in [1.82, 2.24) is 0 Å². The van der Waals surface area contributed by atoms with Crippen LogP contribution in [0.5, 0.6) is 0 Å². The van der Waals surface area contributed by atoms with Crippen molar-refractivity contribution in [1.29, 1.82) is 0 Å². The molecule has 0 amide bonds. The molecular weight excluding hydrogens is 354 g/mol. The van der Waals surface area contributed by atoms with E-state index >= 15 is 0 Å². The Hall–Kier alpha value is -0.360. The second kappa shape index (κ2) is 4.87. The zero-order chi connectivity index (χ0) is 11.7. The van der Waals surface area contributed by atoms with Crippen molar-refractivity contribution >= 4 is 48.9 Å². The molecule has 1 aromatic carbocycles. The van der Waals surface area contributed by atoms with Crippen molar-refractivity contribution in [2.45, 2.75) is 6.10 Å². The lowest BCUT2D eigenvalue weighted by Gasteiger charge is -2.13. The first kappa shape index (κ1) is 12.1. The summed E-state index contributed by atoms with van der Waals surface area (Å²) in [6.07, 6.45) is -0.688. The summed E-state index contributed by atoms with van der Waals surface area (Å²) >= 11 is 8.28. The highest BCUT2D eigenvalue weighted by atomic mass is 79.9. The van der Waals surface area contributed by atoms with Crippen LogP contribution < -0.4 is 5.73 Å². The number of hydrogen-bond acceptors (Lipinski definition) is 3. The molecule has 5 heteroatoms. The maximum absolute atomic E-state index is 10.2. The van der Waals surface area contributed by atoms with Gasteiger partial charge >= 0.3 is 0 Å². The van der Waals surface area contributed by atoms with Crippen LogP contribution in [0.15, 0.2) is 38.6 Å². The lowest BCUT2D eigenvalue weighted by molar-refractivity contribution is 0.224. The molecule has 0 aliphatic carbocycles. The number of aliphatic hydroxyl groups excluding tert-OH is 1.